The monoisotopic (exact) mass is 243 g/mol. The minimum absolute atomic E-state index is 0.0861. The number of hydrogen-bond acceptors (Lipinski definition) is 5. The van der Waals surface area contributed by atoms with Crippen LogP contribution in [0.25, 0.3) is 0 Å². The van der Waals surface area contributed by atoms with Crippen molar-refractivity contribution in [3.05, 3.63) is 0 Å². The molecule has 1 atom stereocenters. The Hall–Kier alpha value is -1.11. The standard InChI is InChI=1S/C9H17N5OS/c1-6(2)7(8(15)13(3)4)16-9-10-11-12-14(9)5/h6-7H,1-5H3/t7-/m1/s1. The average molecular weight is 243 g/mol. The maximum Gasteiger partial charge on any atom is 0.235 e. The first-order valence-corrected chi connectivity index (χ1v) is 5.91. The Morgan fingerprint density at radius 1 is 1.44 bits per heavy atom. The Morgan fingerprint density at radius 2 is 2.06 bits per heavy atom. The van der Waals surface area contributed by atoms with E-state index in [2.05, 4.69) is 15.5 Å². The van der Waals surface area contributed by atoms with E-state index in [1.54, 1.807) is 30.7 Å². The number of aryl methyl sites for hydroxylation is 1. The van der Waals surface area contributed by atoms with Gasteiger partial charge in [-0.1, -0.05) is 25.6 Å². The number of amides is 1. The second-order valence-corrected chi connectivity index (χ2v) is 5.21. The predicted molar refractivity (Wildman–Crippen MR) is 62.0 cm³/mol. The molecule has 0 saturated carbocycles. The van der Waals surface area contributed by atoms with E-state index >= 15 is 0 Å². The molecule has 0 radical (unpaired) electrons. The van der Waals surface area contributed by atoms with E-state index in [-0.39, 0.29) is 17.1 Å². The molecule has 0 aliphatic rings. The lowest BCUT2D eigenvalue weighted by Crippen LogP contribution is -2.35. The number of nitrogens with zero attached hydrogens (tertiary/aromatic N) is 5. The zero-order chi connectivity index (χ0) is 12.3. The minimum Gasteiger partial charge on any atom is -0.348 e. The van der Waals surface area contributed by atoms with Crippen LogP contribution in [0.4, 0.5) is 0 Å². The summed E-state index contributed by atoms with van der Waals surface area (Å²) in [5.74, 6) is 0.319. The fourth-order valence-electron chi connectivity index (χ4n) is 1.16. The van der Waals surface area contributed by atoms with Crippen molar-refractivity contribution < 1.29 is 4.79 Å². The number of thioether (sulfide) groups is 1. The van der Waals surface area contributed by atoms with Crippen LogP contribution in [0.3, 0.4) is 0 Å². The van der Waals surface area contributed by atoms with Crippen LogP contribution in [0.5, 0.6) is 0 Å². The fourth-order valence-corrected chi connectivity index (χ4v) is 2.24. The van der Waals surface area contributed by atoms with E-state index in [1.165, 1.54) is 11.8 Å². The van der Waals surface area contributed by atoms with Crippen molar-refractivity contribution >= 4 is 17.7 Å². The summed E-state index contributed by atoms with van der Waals surface area (Å²) in [6, 6.07) is 0. The summed E-state index contributed by atoms with van der Waals surface area (Å²) in [7, 11) is 5.28. The molecule has 0 aliphatic carbocycles. The summed E-state index contributed by atoms with van der Waals surface area (Å²) in [4.78, 5) is 13.5. The summed E-state index contributed by atoms with van der Waals surface area (Å²) in [5.41, 5.74) is 0. The van der Waals surface area contributed by atoms with Crippen LogP contribution in [-0.2, 0) is 11.8 Å². The van der Waals surface area contributed by atoms with Gasteiger partial charge >= 0.3 is 0 Å². The molecule has 90 valence electrons. The van der Waals surface area contributed by atoms with Gasteiger partial charge < -0.3 is 4.90 Å². The number of carbonyl (C=O) groups excluding carboxylic acids is 1. The Labute approximate surface area is 99.4 Å². The molecular formula is C9H17N5OS. The molecule has 0 bridgehead atoms. The van der Waals surface area contributed by atoms with E-state index in [4.69, 9.17) is 0 Å². The van der Waals surface area contributed by atoms with Crippen molar-refractivity contribution in [2.75, 3.05) is 14.1 Å². The lowest BCUT2D eigenvalue weighted by molar-refractivity contribution is -0.128. The van der Waals surface area contributed by atoms with Crippen LogP contribution < -0.4 is 0 Å². The fraction of sp³-hybridized carbons (Fsp3) is 0.778. The second kappa shape index (κ2) is 5.29. The topological polar surface area (TPSA) is 63.9 Å². The molecule has 0 spiro atoms. The van der Waals surface area contributed by atoms with Crippen molar-refractivity contribution in [1.29, 1.82) is 0 Å². The Morgan fingerprint density at radius 3 is 2.44 bits per heavy atom. The maximum atomic E-state index is 11.9. The van der Waals surface area contributed by atoms with Crippen LogP contribution in [0, 0.1) is 5.92 Å². The van der Waals surface area contributed by atoms with Crippen molar-refractivity contribution in [2.24, 2.45) is 13.0 Å². The molecule has 1 rings (SSSR count). The van der Waals surface area contributed by atoms with E-state index in [0.717, 1.165) is 0 Å². The first kappa shape index (κ1) is 13.0. The van der Waals surface area contributed by atoms with Crippen LogP contribution >= 0.6 is 11.8 Å². The molecule has 1 aromatic heterocycles. The van der Waals surface area contributed by atoms with E-state index < -0.39 is 0 Å². The first-order chi connectivity index (χ1) is 7.43. The average Bonchev–Trinajstić information content (AvgIpc) is 2.59. The zero-order valence-electron chi connectivity index (χ0n) is 10.2. The van der Waals surface area contributed by atoms with Gasteiger partial charge in [-0.2, -0.15) is 0 Å². The van der Waals surface area contributed by atoms with Crippen molar-refractivity contribution in [1.82, 2.24) is 25.1 Å². The zero-order valence-corrected chi connectivity index (χ0v) is 11.0. The minimum atomic E-state index is -0.153. The number of hydrogen-bond donors (Lipinski definition) is 0. The van der Waals surface area contributed by atoms with Gasteiger partial charge in [0.05, 0.1) is 5.25 Å². The van der Waals surface area contributed by atoms with Gasteiger partial charge in [0.25, 0.3) is 0 Å². The van der Waals surface area contributed by atoms with E-state index in [9.17, 15) is 4.79 Å². The first-order valence-electron chi connectivity index (χ1n) is 5.03. The summed E-state index contributed by atoms with van der Waals surface area (Å²) in [6.45, 7) is 4.03. The lowest BCUT2D eigenvalue weighted by Gasteiger charge is -2.22. The smallest absolute Gasteiger partial charge is 0.235 e. The largest absolute Gasteiger partial charge is 0.348 e. The van der Waals surface area contributed by atoms with Crippen LogP contribution in [0.2, 0.25) is 0 Å². The third-order valence-electron chi connectivity index (χ3n) is 2.10. The summed E-state index contributed by atoms with van der Waals surface area (Å²) >= 11 is 1.40. The third kappa shape index (κ3) is 2.94. The Balaban J connectivity index is 2.81. The molecule has 1 aromatic rings. The van der Waals surface area contributed by atoms with Gasteiger partial charge in [0.1, 0.15) is 0 Å². The lowest BCUT2D eigenvalue weighted by atomic mass is 10.1. The van der Waals surface area contributed by atoms with Gasteiger partial charge in [-0.05, 0) is 16.3 Å². The molecule has 0 aromatic carbocycles. The van der Waals surface area contributed by atoms with E-state index in [1.807, 2.05) is 13.8 Å². The van der Waals surface area contributed by atoms with Crippen molar-refractivity contribution in [3.8, 4) is 0 Å². The van der Waals surface area contributed by atoms with Gasteiger partial charge in [-0.25, -0.2) is 4.68 Å². The van der Waals surface area contributed by atoms with Gasteiger partial charge in [0.2, 0.25) is 11.1 Å². The van der Waals surface area contributed by atoms with Gasteiger partial charge in [-0.15, -0.1) is 5.10 Å². The summed E-state index contributed by atoms with van der Waals surface area (Å²) < 4.78 is 1.57. The molecule has 7 heteroatoms. The molecule has 0 fully saturated rings. The van der Waals surface area contributed by atoms with Gasteiger partial charge in [0.15, 0.2) is 0 Å². The molecule has 1 heterocycles. The normalized spacial score (nSPS) is 12.9. The number of rotatable bonds is 4. The van der Waals surface area contributed by atoms with Crippen molar-refractivity contribution in [3.63, 3.8) is 0 Å². The SMILES string of the molecule is CC(C)[C@@H](Sc1nnnn1C)C(=O)N(C)C. The summed E-state index contributed by atoms with van der Waals surface area (Å²) in [5, 5.41) is 11.7. The quantitative estimate of drug-likeness (QED) is 0.717. The second-order valence-electron chi connectivity index (χ2n) is 4.10. The molecule has 0 aliphatic heterocycles. The highest BCUT2D eigenvalue weighted by atomic mass is 32.2. The molecule has 0 N–H and O–H groups in total. The van der Waals surface area contributed by atoms with Crippen LogP contribution in [0.1, 0.15) is 13.8 Å². The van der Waals surface area contributed by atoms with E-state index in [0.29, 0.717) is 5.16 Å². The highest BCUT2D eigenvalue weighted by molar-refractivity contribution is 8.00. The predicted octanol–water partition coefficient (Wildman–Crippen LogP) is 0.415. The highest BCUT2D eigenvalue weighted by Crippen LogP contribution is 2.26. The number of aromatic nitrogens is 4. The molecule has 16 heavy (non-hydrogen) atoms. The number of carbonyl (C=O) groups is 1. The van der Waals surface area contributed by atoms with Gasteiger partial charge in [0, 0.05) is 21.1 Å². The third-order valence-corrected chi connectivity index (χ3v) is 3.66. The number of tetrazole rings is 1. The van der Waals surface area contributed by atoms with Crippen LogP contribution in [-0.4, -0.2) is 50.4 Å². The van der Waals surface area contributed by atoms with Gasteiger partial charge in [-0.3, -0.25) is 4.79 Å². The highest BCUT2D eigenvalue weighted by Gasteiger charge is 2.26. The van der Waals surface area contributed by atoms with Crippen molar-refractivity contribution in [2.45, 2.75) is 24.3 Å². The van der Waals surface area contributed by atoms with Crippen LogP contribution in [0.15, 0.2) is 5.16 Å². The molecular weight excluding hydrogens is 226 g/mol. The molecule has 1 amide bonds. The molecule has 0 unspecified atom stereocenters. The molecule has 0 saturated heterocycles. The Kier molecular flexibility index (Phi) is 4.28. The molecule has 6 nitrogen and oxygen atoms in total. The Bertz CT molecular complexity index is 363. The maximum absolute atomic E-state index is 11.9. The summed E-state index contributed by atoms with van der Waals surface area (Å²) in [6.07, 6.45) is 0.